The number of unbranched alkanes of at least 4 members (excludes halogenated alkanes) is 1. The number of halogens is 4. The third-order valence-corrected chi connectivity index (χ3v) is 7.76. The van der Waals surface area contributed by atoms with E-state index in [9.17, 15) is 35.6 Å². The molecule has 0 aromatic heterocycles. The summed E-state index contributed by atoms with van der Waals surface area (Å²) < 4.78 is 79.5. The molecule has 1 fully saturated rings. The molecule has 0 spiro atoms. The Morgan fingerprint density at radius 2 is 1.73 bits per heavy atom. The highest BCUT2D eigenvalue weighted by Gasteiger charge is 2.37. The molecule has 210 valence electrons. The van der Waals surface area contributed by atoms with Gasteiger partial charge in [-0.25, -0.2) is 22.3 Å². The second-order valence-electron chi connectivity index (χ2n) is 9.71. The van der Waals surface area contributed by atoms with Gasteiger partial charge in [-0.2, -0.15) is 13.2 Å². The maximum Gasteiger partial charge on any atom is 0.417 e. The minimum absolute atomic E-state index is 0.141. The molecule has 0 heterocycles. The summed E-state index contributed by atoms with van der Waals surface area (Å²) >= 11 is 0. The van der Waals surface area contributed by atoms with Crippen molar-refractivity contribution in [2.75, 3.05) is 20.1 Å². The van der Waals surface area contributed by atoms with E-state index >= 15 is 0 Å². The molecule has 0 bridgehead atoms. The molecule has 0 aliphatic heterocycles. The van der Waals surface area contributed by atoms with Gasteiger partial charge >= 0.3 is 12.2 Å². The highest BCUT2D eigenvalue weighted by Crippen LogP contribution is 2.34. The van der Waals surface area contributed by atoms with Crippen LogP contribution in [0.4, 0.5) is 22.4 Å². The van der Waals surface area contributed by atoms with E-state index in [1.165, 1.54) is 0 Å². The first-order valence-electron chi connectivity index (χ1n) is 12.4. The Morgan fingerprint density at radius 1 is 1.11 bits per heavy atom. The maximum absolute atomic E-state index is 13.3. The van der Waals surface area contributed by atoms with Gasteiger partial charge in [0.15, 0.2) is 0 Å². The molecule has 0 saturated heterocycles. The van der Waals surface area contributed by atoms with Crippen LogP contribution in [0.15, 0.2) is 23.1 Å². The quantitative estimate of drug-likeness (QED) is 0.269. The molecule has 3 N–H and O–H groups in total. The summed E-state index contributed by atoms with van der Waals surface area (Å²) in [6, 6.07) is 0.497. The van der Waals surface area contributed by atoms with Gasteiger partial charge in [0.25, 0.3) is 0 Å². The molecule has 8 nitrogen and oxygen atoms in total. The van der Waals surface area contributed by atoms with Crippen molar-refractivity contribution in [1.29, 1.82) is 0 Å². The van der Waals surface area contributed by atoms with Crippen LogP contribution in [0.5, 0.6) is 0 Å². The Bertz CT molecular complexity index is 1030. The number of carbonyl (C=O) groups excluding carboxylic acids is 2. The second kappa shape index (κ2) is 13.4. The van der Waals surface area contributed by atoms with E-state index in [1.54, 1.807) is 11.9 Å². The van der Waals surface area contributed by atoms with Crippen LogP contribution in [0.2, 0.25) is 0 Å². The first-order chi connectivity index (χ1) is 17.2. The Kier molecular flexibility index (Phi) is 11.2. The number of hydrogen-bond acceptors (Lipinski definition) is 4. The Labute approximate surface area is 215 Å². The third kappa shape index (κ3) is 9.44. The summed E-state index contributed by atoms with van der Waals surface area (Å²) in [5, 5.41) is 5.53. The lowest BCUT2D eigenvalue weighted by Crippen LogP contribution is -2.52. The van der Waals surface area contributed by atoms with E-state index in [0.717, 1.165) is 25.7 Å². The Morgan fingerprint density at radius 3 is 2.32 bits per heavy atom. The molecular weight excluding hydrogens is 516 g/mol. The number of nitrogens with one attached hydrogen (secondary N) is 3. The van der Waals surface area contributed by atoms with Crippen molar-refractivity contribution in [3.05, 3.63) is 29.6 Å². The summed E-state index contributed by atoms with van der Waals surface area (Å²) in [5.41, 5.74) is -1.58. The Balaban J connectivity index is 1.83. The number of carbonyl (C=O) groups is 2. The molecule has 1 aliphatic rings. The van der Waals surface area contributed by atoms with Crippen LogP contribution < -0.4 is 15.4 Å². The van der Waals surface area contributed by atoms with Gasteiger partial charge in [0.2, 0.25) is 15.9 Å². The molecule has 0 unspecified atom stereocenters. The lowest BCUT2D eigenvalue weighted by Gasteiger charge is -2.28. The van der Waals surface area contributed by atoms with Crippen molar-refractivity contribution in [2.24, 2.45) is 5.92 Å². The highest BCUT2D eigenvalue weighted by molar-refractivity contribution is 7.89. The first kappa shape index (κ1) is 30.8. The van der Waals surface area contributed by atoms with Crippen LogP contribution in [0.1, 0.15) is 64.4 Å². The van der Waals surface area contributed by atoms with E-state index in [1.807, 2.05) is 13.8 Å². The monoisotopic (exact) mass is 552 g/mol. The molecule has 2 rings (SSSR count). The van der Waals surface area contributed by atoms with Crippen molar-refractivity contribution >= 4 is 22.0 Å². The molecular formula is C24H36F4N4O4S. The Hall–Kier alpha value is -2.41. The minimum Gasteiger partial charge on any atom is -0.354 e. The van der Waals surface area contributed by atoms with E-state index in [2.05, 4.69) is 15.4 Å². The molecule has 1 saturated carbocycles. The van der Waals surface area contributed by atoms with Crippen molar-refractivity contribution in [3.8, 4) is 0 Å². The van der Waals surface area contributed by atoms with E-state index in [0.29, 0.717) is 25.0 Å². The van der Waals surface area contributed by atoms with E-state index in [-0.39, 0.29) is 49.5 Å². The number of rotatable bonds is 12. The zero-order valence-electron chi connectivity index (χ0n) is 21.3. The molecule has 1 aliphatic carbocycles. The number of amides is 3. The lowest BCUT2D eigenvalue weighted by atomic mass is 10.0. The molecule has 1 aromatic carbocycles. The van der Waals surface area contributed by atoms with Crippen molar-refractivity contribution in [1.82, 2.24) is 20.3 Å². The number of nitrogens with zero attached hydrogens (tertiary/aromatic N) is 1. The molecule has 1 aromatic rings. The van der Waals surface area contributed by atoms with Crippen LogP contribution in [0, 0.1) is 11.7 Å². The number of sulfonamides is 1. The molecule has 37 heavy (non-hydrogen) atoms. The summed E-state index contributed by atoms with van der Waals surface area (Å²) in [5.74, 6) is -1.40. The second-order valence-corrected chi connectivity index (χ2v) is 11.5. The summed E-state index contributed by atoms with van der Waals surface area (Å²) in [6.45, 7) is 3.88. The average molecular weight is 553 g/mol. The molecule has 1 atom stereocenters. The van der Waals surface area contributed by atoms with Gasteiger partial charge in [-0.1, -0.05) is 26.7 Å². The third-order valence-electron chi connectivity index (χ3n) is 6.25. The topological polar surface area (TPSA) is 108 Å². The number of alkyl halides is 3. The predicted octanol–water partition coefficient (Wildman–Crippen LogP) is 4.02. The zero-order valence-corrected chi connectivity index (χ0v) is 22.1. The number of benzene rings is 1. The summed E-state index contributed by atoms with van der Waals surface area (Å²) in [6.07, 6.45) is -0.00844. The van der Waals surface area contributed by atoms with Crippen molar-refractivity contribution in [2.45, 2.75) is 81.9 Å². The first-order valence-corrected chi connectivity index (χ1v) is 13.9. The fourth-order valence-electron chi connectivity index (χ4n) is 4.24. The highest BCUT2D eigenvalue weighted by atomic mass is 32.2. The molecule has 3 amide bonds. The van der Waals surface area contributed by atoms with Crippen LogP contribution in [-0.4, -0.2) is 57.5 Å². The van der Waals surface area contributed by atoms with Crippen LogP contribution in [0.25, 0.3) is 0 Å². The van der Waals surface area contributed by atoms with Crippen LogP contribution >= 0.6 is 0 Å². The fraction of sp³-hybridized carbons (Fsp3) is 0.667. The van der Waals surface area contributed by atoms with Gasteiger partial charge in [-0.3, -0.25) is 4.79 Å². The van der Waals surface area contributed by atoms with Gasteiger partial charge in [0.1, 0.15) is 11.9 Å². The molecule has 13 heteroatoms. The van der Waals surface area contributed by atoms with Gasteiger partial charge in [-0.05, 0) is 56.2 Å². The van der Waals surface area contributed by atoms with Crippen LogP contribution in [0.3, 0.4) is 0 Å². The number of hydrogen-bond donors (Lipinski definition) is 3. The van der Waals surface area contributed by atoms with Crippen molar-refractivity contribution < 1.29 is 35.6 Å². The lowest BCUT2D eigenvalue weighted by molar-refractivity contribution is -0.140. The van der Waals surface area contributed by atoms with E-state index in [4.69, 9.17) is 0 Å². The average Bonchev–Trinajstić information content (AvgIpc) is 3.34. The standard InChI is InChI=1S/C24H36F4N4O4S/c1-16(2)14-20(31-23(34)32(3)18-8-4-5-9-18)22(33)29-12-6-7-13-30-37(35,36)21-11-10-17(25)15-19(21)24(26,27)28/h10-11,15-16,18,20,30H,4-9,12-14H2,1-3H3,(H,29,33)(H,31,34)/t20-/m0/s1. The van der Waals surface area contributed by atoms with Gasteiger partial charge < -0.3 is 15.5 Å². The maximum atomic E-state index is 13.3. The van der Waals surface area contributed by atoms with Gasteiger partial charge in [0.05, 0.1) is 10.5 Å². The normalized spacial score (nSPS) is 15.6. The minimum atomic E-state index is -5.04. The SMILES string of the molecule is CC(C)C[C@H](NC(=O)N(C)C1CCCC1)C(=O)NCCCCNS(=O)(=O)c1ccc(F)cc1C(F)(F)F. The smallest absolute Gasteiger partial charge is 0.354 e. The predicted molar refractivity (Wildman–Crippen MR) is 131 cm³/mol. The fourth-order valence-corrected chi connectivity index (χ4v) is 5.52. The summed E-state index contributed by atoms with van der Waals surface area (Å²) in [4.78, 5) is 25.9. The van der Waals surface area contributed by atoms with Crippen molar-refractivity contribution in [3.63, 3.8) is 0 Å². The van der Waals surface area contributed by atoms with Gasteiger partial charge in [0, 0.05) is 26.2 Å². The van der Waals surface area contributed by atoms with Gasteiger partial charge in [-0.15, -0.1) is 0 Å². The molecule has 0 radical (unpaired) electrons. The summed E-state index contributed by atoms with van der Waals surface area (Å²) in [7, 11) is -2.80. The zero-order chi connectivity index (χ0) is 27.8. The number of urea groups is 1. The largest absolute Gasteiger partial charge is 0.417 e. The van der Waals surface area contributed by atoms with E-state index < -0.39 is 38.5 Å². The van der Waals surface area contributed by atoms with Crippen LogP contribution in [-0.2, 0) is 21.0 Å².